The van der Waals surface area contributed by atoms with Crippen molar-refractivity contribution in [3.63, 3.8) is 0 Å². The van der Waals surface area contributed by atoms with Crippen molar-refractivity contribution in [2.45, 2.75) is 0 Å². The second-order valence-electron chi connectivity index (χ2n) is 2.74. The van der Waals surface area contributed by atoms with Crippen LogP contribution in [0.5, 0.6) is 0 Å². The fourth-order valence-corrected chi connectivity index (χ4v) is 1.35. The van der Waals surface area contributed by atoms with E-state index >= 15 is 0 Å². The maximum Gasteiger partial charge on any atom is 0.282 e. The van der Waals surface area contributed by atoms with Crippen LogP contribution in [0, 0.1) is 10.1 Å². The minimum atomic E-state index is -0.711. The molecule has 1 heterocycles. The molecule has 15 heavy (non-hydrogen) atoms. The minimum absolute atomic E-state index is 0. The SMILES string of the molecule is O=C1NC(=O)c2c1cccc2[N+](=O)[O-].[K]. The number of hydrogen-bond donors (Lipinski definition) is 1. The molecule has 1 aromatic carbocycles. The number of nitrogens with zero attached hydrogens (tertiary/aromatic N) is 1. The molecule has 6 nitrogen and oxygen atoms in total. The first-order valence-electron chi connectivity index (χ1n) is 3.74. The predicted octanol–water partition coefficient (Wildman–Crippen LogP) is 0.0976. The van der Waals surface area contributed by atoms with Gasteiger partial charge in [-0.1, -0.05) is 6.07 Å². The average molecular weight is 231 g/mol. The third kappa shape index (κ3) is 2.01. The number of nitrogens with one attached hydrogen (secondary N) is 1. The van der Waals surface area contributed by atoms with Gasteiger partial charge >= 0.3 is 0 Å². The Kier molecular flexibility index (Phi) is 3.74. The summed E-state index contributed by atoms with van der Waals surface area (Å²) in [7, 11) is 0. The summed E-state index contributed by atoms with van der Waals surface area (Å²) in [5, 5.41) is 12.5. The van der Waals surface area contributed by atoms with Crippen LogP contribution >= 0.6 is 0 Å². The van der Waals surface area contributed by atoms with Crippen molar-refractivity contribution in [2.75, 3.05) is 0 Å². The Hall–Kier alpha value is -0.604. The summed E-state index contributed by atoms with van der Waals surface area (Å²) in [6.45, 7) is 0. The van der Waals surface area contributed by atoms with E-state index in [0.717, 1.165) is 0 Å². The van der Waals surface area contributed by atoms with Crippen molar-refractivity contribution in [1.29, 1.82) is 0 Å². The Balaban J connectivity index is 0.00000112. The molecule has 2 amide bonds. The van der Waals surface area contributed by atoms with Crippen molar-refractivity contribution in [3.8, 4) is 0 Å². The molecule has 0 bridgehead atoms. The molecule has 0 atom stereocenters. The summed E-state index contributed by atoms with van der Waals surface area (Å²) >= 11 is 0. The third-order valence-electron chi connectivity index (χ3n) is 1.94. The van der Waals surface area contributed by atoms with Gasteiger partial charge in [-0.25, -0.2) is 0 Å². The summed E-state index contributed by atoms with van der Waals surface area (Å²) < 4.78 is 0. The van der Waals surface area contributed by atoms with Gasteiger partial charge in [0.1, 0.15) is 5.56 Å². The van der Waals surface area contributed by atoms with E-state index in [9.17, 15) is 19.7 Å². The normalized spacial score (nSPS) is 12.8. The van der Waals surface area contributed by atoms with E-state index < -0.39 is 16.7 Å². The molecule has 1 N–H and O–H groups in total. The molecule has 0 unspecified atom stereocenters. The summed E-state index contributed by atoms with van der Waals surface area (Å²) in [5.41, 5.74) is -0.433. The van der Waals surface area contributed by atoms with Gasteiger partial charge in [0.25, 0.3) is 17.5 Å². The molecule has 2 rings (SSSR count). The smallest absolute Gasteiger partial charge is 0.282 e. The van der Waals surface area contributed by atoms with E-state index in [4.69, 9.17) is 0 Å². The maximum atomic E-state index is 11.2. The molecular formula is C8H4KN2O4. The van der Waals surface area contributed by atoms with Gasteiger partial charge in [0.15, 0.2) is 0 Å². The van der Waals surface area contributed by atoms with Crippen LogP contribution in [0.1, 0.15) is 20.7 Å². The fraction of sp³-hybridized carbons (Fsp3) is 0. The summed E-state index contributed by atoms with van der Waals surface area (Å²) in [4.78, 5) is 32.1. The van der Waals surface area contributed by atoms with Crippen LogP contribution < -0.4 is 5.32 Å². The number of amides is 2. The molecule has 0 spiro atoms. The number of nitro groups is 1. The molecule has 0 aliphatic carbocycles. The Bertz CT molecular complexity index is 472. The zero-order valence-electron chi connectivity index (χ0n) is 7.81. The first-order valence-corrected chi connectivity index (χ1v) is 3.74. The quantitative estimate of drug-likeness (QED) is 0.321. The summed E-state index contributed by atoms with van der Waals surface area (Å²) in [6, 6.07) is 3.94. The van der Waals surface area contributed by atoms with Crippen molar-refractivity contribution >= 4 is 68.9 Å². The van der Waals surface area contributed by atoms with Gasteiger partial charge in [0.2, 0.25) is 0 Å². The largest absolute Gasteiger partial charge is 0.288 e. The third-order valence-corrected chi connectivity index (χ3v) is 1.94. The first kappa shape index (κ1) is 12.5. The molecule has 0 saturated carbocycles. The van der Waals surface area contributed by atoms with Crippen molar-refractivity contribution < 1.29 is 14.5 Å². The van der Waals surface area contributed by atoms with Crippen LogP contribution in [0.3, 0.4) is 0 Å². The predicted molar refractivity (Wildman–Crippen MR) is 50.6 cm³/mol. The molecule has 1 aliphatic rings. The van der Waals surface area contributed by atoms with E-state index in [-0.39, 0.29) is 68.2 Å². The Morgan fingerprint density at radius 1 is 1.20 bits per heavy atom. The molecule has 1 radical (unpaired) electrons. The Morgan fingerprint density at radius 2 is 1.87 bits per heavy atom. The first-order chi connectivity index (χ1) is 6.61. The molecular weight excluding hydrogens is 227 g/mol. The zero-order valence-corrected chi connectivity index (χ0v) is 10.9. The number of benzene rings is 1. The number of imide groups is 1. The maximum absolute atomic E-state index is 11.2. The molecule has 71 valence electrons. The fourth-order valence-electron chi connectivity index (χ4n) is 1.35. The molecule has 0 fully saturated rings. The minimum Gasteiger partial charge on any atom is -0.288 e. The Labute approximate surface area is 127 Å². The van der Waals surface area contributed by atoms with E-state index in [2.05, 4.69) is 0 Å². The summed E-state index contributed by atoms with van der Waals surface area (Å²) in [5.74, 6) is -1.30. The van der Waals surface area contributed by atoms with Crippen molar-refractivity contribution in [3.05, 3.63) is 39.4 Å². The van der Waals surface area contributed by atoms with Gasteiger partial charge in [-0.05, 0) is 6.07 Å². The van der Waals surface area contributed by atoms with Crippen molar-refractivity contribution in [2.24, 2.45) is 0 Å². The molecule has 0 aromatic heterocycles. The van der Waals surface area contributed by atoms with Crippen molar-refractivity contribution in [1.82, 2.24) is 5.32 Å². The van der Waals surface area contributed by atoms with E-state index in [1.54, 1.807) is 0 Å². The number of carbonyl (C=O) groups is 2. The van der Waals surface area contributed by atoms with Gasteiger partial charge < -0.3 is 0 Å². The number of fused-ring (bicyclic) bond motifs is 1. The standard InChI is InChI=1S/C8H4N2O4.K/c11-7-4-2-1-3-5(10(13)14)6(4)8(12)9-7;/h1-3H,(H,9,11,12);. The van der Waals surface area contributed by atoms with E-state index in [1.165, 1.54) is 18.2 Å². The van der Waals surface area contributed by atoms with Crippen LogP contribution in [0.2, 0.25) is 0 Å². The molecule has 0 saturated heterocycles. The Morgan fingerprint density at radius 3 is 2.47 bits per heavy atom. The number of hydrogen-bond acceptors (Lipinski definition) is 4. The van der Waals surface area contributed by atoms with Crippen LogP contribution in [0.15, 0.2) is 18.2 Å². The number of rotatable bonds is 1. The van der Waals surface area contributed by atoms with Gasteiger partial charge in [-0.15, -0.1) is 0 Å². The average Bonchev–Trinajstić information content (AvgIpc) is 2.43. The van der Waals surface area contributed by atoms with Crippen LogP contribution in [0.25, 0.3) is 0 Å². The second kappa shape index (κ2) is 4.50. The number of nitro benzene ring substituents is 1. The molecule has 7 heteroatoms. The van der Waals surface area contributed by atoms with Gasteiger partial charge in [0.05, 0.1) is 10.5 Å². The second-order valence-corrected chi connectivity index (χ2v) is 2.74. The van der Waals surface area contributed by atoms with Gasteiger partial charge in [-0.2, -0.15) is 0 Å². The zero-order chi connectivity index (χ0) is 10.3. The van der Waals surface area contributed by atoms with E-state index in [0.29, 0.717) is 0 Å². The molecule has 1 aromatic rings. The molecule has 1 aliphatic heterocycles. The van der Waals surface area contributed by atoms with Crippen LogP contribution in [0.4, 0.5) is 5.69 Å². The van der Waals surface area contributed by atoms with Crippen LogP contribution in [-0.2, 0) is 0 Å². The number of carbonyl (C=O) groups excluding carboxylic acids is 2. The van der Waals surface area contributed by atoms with E-state index in [1.807, 2.05) is 5.32 Å². The summed E-state index contributed by atoms with van der Waals surface area (Å²) in [6.07, 6.45) is 0. The topological polar surface area (TPSA) is 89.3 Å². The van der Waals surface area contributed by atoms with Gasteiger partial charge in [0, 0.05) is 57.5 Å². The van der Waals surface area contributed by atoms with Gasteiger partial charge in [-0.3, -0.25) is 25.0 Å². The monoisotopic (exact) mass is 231 g/mol. The van der Waals surface area contributed by atoms with Crippen LogP contribution in [-0.4, -0.2) is 68.1 Å².